The van der Waals surface area contributed by atoms with Crippen molar-refractivity contribution in [1.82, 2.24) is 5.32 Å². The van der Waals surface area contributed by atoms with Gasteiger partial charge in [0.1, 0.15) is 11.5 Å². The highest BCUT2D eigenvalue weighted by Gasteiger charge is 2.15. The Morgan fingerprint density at radius 1 is 1.29 bits per heavy atom. The summed E-state index contributed by atoms with van der Waals surface area (Å²) >= 11 is 0. The van der Waals surface area contributed by atoms with Crippen molar-refractivity contribution < 1.29 is 19.1 Å². The molecule has 0 bridgehead atoms. The summed E-state index contributed by atoms with van der Waals surface area (Å²) in [4.78, 5) is 11.6. The van der Waals surface area contributed by atoms with E-state index < -0.39 is 5.60 Å². The lowest BCUT2D eigenvalue weighted by Crippen LogP contribution is -2.28. The smallest absolute Gasteiger partial charge is 0.258 e. The van der Waals surface area contributed by atoms with Crippen molar-refractivity contribution in [2.24, 2.45) is 0 Å². The number of benzene rings is 1. The van der Waals surface area contributed by atoms with Gasteiger partial charge in [0.2, 0.25) is 0 Å². The van der Waals surface area contributed by atoms with Gasteiger partial charge >= 0.3 is 0 Å². The lowest BCUT2D eigenvalue weighted by molar-refractivity contribution is -0.123. The van der Waals surface area contributed by atoms with Crippen LogP contribution >= 0.6 is 0 Å². The Morgan fingerprint density at radius 3 is 2.57 bits per heavy atom. The van der Waals surface area contributed by atoms with Crippen molar-refractivity contribution in [3.63, 3.8) is 0 Å². The molecule has 0 saturated heterocycles. The van der Waals surface area contributed by atoms with Crippen LogP contribution in [0.3, 0.4) is 0 Å². The predicted octanol–water partition coefficient (Wildman–Crippen LogP) is 2.20. The van der Waals surface area contributed by atoms with E-state index in [1.807, 2.05) is 0 Å². The van der Waals surface area contributed by atoms with Crippen LogP contribution in [0.15, 0.2) is 47.1 Å². The highest BCUT2D eigenvalue weighted by molar-refractivity contribution is 5.77. The summed E-state index contributed by atoms with van der Waals surface area (Å²) in [5, 5.41) is 12.5. The van der Waals surface area contributed by atoms with Gasteiger partial charge in [0.25, 0.3) is 5.91 Å². The lowest BCUT2D eigenvalue weighted by atomic mass is 9.99. The summed E-state index contributed by atoms with van der Waals surface area (Å²) in [5.41, 5.74) is -0.101. The number of amides is 1. The second-order valence-corrected chi connectivity index (χ2v) is 5.23. The molecule has 112 valence electrons. The largest absolute Gasteiger partial charge is 0.484 e. The predicted molar refractivity (Wildman–Crippen MR) is 77.7 cm³/mol. The molecule has 0 radical (unpaired) electrons. The Morgan fingerprint density at radius 2 is 2.00 bits per heavy atom. The molecule has 5 heteroatoms. The molecule has 0 spiro atoms. The zero-order valence-corrected chi connectivity index (χ0v) is 12.1. The van der Waals surface area contributed by atoms with E-state index in [1.165, 1.54) is 0 Å². The van der Waals surface area contributed by atoms with Crippen LogP contribution < -0.4 is 10.1 Å². The number of hydrogen-bond acceptors (Lipinski definition) is 4. The first kappa shape index (κ1) is 15.1. The first-order valence-corrected chi connectivity index (χ1v) is 6.70. The minimum absolute atomic E-state index is 0.0669. The molecule has 0 aliphatic rings. The maximum Gasteiger partial charge on any atom is 0.258 e. The van der Waals surface area contributed by atoms with Crippen molar-refractivity contribution in [3.05, 3.63) is 54.0 Å². The van der Waals surface area contributed by atoms with Crippen LogP contribution in [0, 0.1) is 0 Å². The molecule has 5 nitrogen and oxygen atoms in total. The van der Waals surface area contributed by atoms with E-state index in [-0.39, 0.29) is 12.5 Å². The minimum atomic E-state index is -0.890. The fourth-order valence-electron chi connectivity index (χ4n) is 1.76. The van der Waals surface area contributed by atoms with Crippen LogP contribution in [0.2, 0.25) is 0 Å². The number of furan rings is 1. The molecular formula is C16H19NO4. The van der Waals surface area contributed by atoms with E-state index in [4.69, 9.17) is 9.15 Å². The molecule has 0 saturated carbocycles. The third-order valence-corrected chi connectivity index (χ3v) is 2.97. The molecule has 2 rings (SSSR count). The number of nitrogens with one attached hydrogen (secondary N) is 1. The van der Waals surface area contributed by atoms with Crippen LogP contribution in [0.1, 0.15) is 25.2 Å². The van der Waals surface area contributed by atoms with Gasteiger partial charge in [-0.2, -0.15) is 0 Å². The van der Waals surface area contributed by atoms with Gasteiger partial charge in [-0.15, -0.1) is 0 Å². The Hall–Kier alpha value is -2.27. The molecule has 1 amide bonds. The molecule has 1 aromatic carbocycles. The zero-order chi connectivity index (χ0) is 15.3. The Kier molecular flexibility index (Phi) is 4.65. The molecule has 0 fully saturated rings. The molecule has 0 atom stereocenters. The average molecular weight is 289 g/mol. The Balaban J connectivity index is 1.78. The molecule has 1 heterocycles. The van der Waals surface area contributed by atoms with E-state index in [1.54, 1.807) is 56.5 Å². The lowest BCUT2D eigenvalue weighted by Gasteiger charge is -2.17. The third kappa shape index (κ3) is 4.65. The normalized spacial score (nSPS) is 11.2. The summed E-state index contributed by atoms with van der Waals surface area (Å²) in [7, 11) is 0. The maximum atomic E-state index is 11.6. The van der Waals surface area contributed by atoms with Crippen molar-refractivity contribution in [2.45, 2.75) is 26.0 Å². The first-order chi connectivity index (χ1) is 9.95. The van der Waals surface area contributed by atoms with Gasteiger partial charge in [0.15, 0.2) is 6.61 Å². The van der Waals surface area contributed by atoms with E-state index >= 15 is 0 Å². The number of hydrogen-bond donors (Lipinski definition) is 2. The number of ether oxygens (including phenoxy) is 1. The standard InChI is InChI=1S/C16H19NO4/c1-16(2,19)12-5-7-13(8-6-12)21-11-15(18)17-10-14-4-3-9-20-14/h3-9,19H,10-11H2,1-2H3,(H,17,18). The Bertz CT molecular complexity index is 567. The average Bonchev–Trinajstić information content (AvgIpc) is 2.95. The van der Waals surface area contributed by atoms with E-state index in [0.717, 1.165) is 5.56 Å². The number of carbonyl (C=O) groups excluding carboxylic acids is 1. The van der Waals surface area contributed by atoms with Crippen LogP contribution in [-0.2, 0) is 16.9 Å². The molecule has 0 aliphatic carbocycles. The SMILES string of the molecule is CC(C)(O)c1ccc(OCC(=O)NCc2ccco2)cc1. The molecular weight excluding hydrogens is 270 g/mol. The quantitative estimate of drug-likeness (QED) is 0.855. The fraction of sp³-hybridized carbons (Fsp3) is 0.312. The second-order valence-electron chi connectivity index (χ2n) is 5.23. The van der Waals surface area contributed by atoms with Gasteiger partial charge in [0.05, 0.1) is 18.4 Å². The minimum Gasteiger partial charge on any atom is -0.484 e. The maximum absolute atomic E-state index is 11.6. The summed E-state index contributed by atoms with van der Waals surface area (Å²) < 4.78 is 10.5. The second kappa shape index (κ2) is 6.45. The van der Waals surface area contributed by atoms with Crippen molar-refractivity contribution >= 4 is 5.91 Å². The van der Waals surface area contributed by atoms with Crippen LogP contribution in [0.4, 0.5) is 0 Å². The Labute approximate surface area is 123 Å². The first-order valence-electron chi connectivity index (χ1n) is 6.70. The number of aliphatic hydroxyl groups is 1. The highest BCUT2D eigenvalue weighted by atomic mass is 16.5. The topological polar surface area (TPSA) is 71.7 Å². The van der Waals surface area contributed by atoms with E-state index in [9.17, 15) is 9.90 Å². The monoisotopic (exact) mass is 289 g/mol. The number of carbonyl (C=O) groups is 1. The van der Waals surface area contributed by atoms with Gasteiger partial charge in [-0.25, -0.2) is 0 Å². The molecule has 1 aromatic heterocycles. The number of rotatable bonds is 6. The van der Waals surface area contributed by atoms with Crippen LogP contribution in [0.5, 0.6) is 5.75 Å². The van der Waals surface area contributed by atoms with Gasteiger partial charge in [-0.05, 0) is 43.7 Å². The summed E-state index contributed by atoms with van der Waals surface area (Å²) in [5.74, 6) is 1.05. The summed E-state index contributed by atoms with van der Waals surface area (Å²) in [6.45, 7) is 3.70. The van der Waals surface area contributed by atoms with Gasteiger partial charge in [0, 0.05) is 0 Å². The van der Waals surface area contributed by atoms with Crippen molar-refractivity contribution in [1.29, 1.82) is 0 Å². The van der Waals surface area contributed by atoms with Crippen LogP contribution in [0.25, 0.3) is 0 Å². The molecule has 2 N–H and O–H groups in total. The molecule has 0 aliphatic heterocycles. The van der Waals surface area contributed by atoms with Gasteiger partial charge in [-0.1, -0.05) is 12.1 Å². The third-order valence-electron chi connectivity index (χ3n) is 2.97. The summed E-state index contributed by atoms with van der Waals surface area (Å²) in [6, 6.07) is 10.6. The molecule has 2 aromatic rings. The van der Waals surface area contributed by atoms with Crippen molar-refractivity contribution in [2.75, 3.05) is 6.61 Å². The van der Waals surface area contributed by atoms with E-state index in [2.05, 4.69) is 5.32 Å². The van der Waals surface area contributed by atoms with Gasteiger partial charge < -0.3 is 19.6 Å². The van der Waals surface area contributed by atoms with Crippen molar-refractivity contribution in [3.8, 4) is 5.75 Å². The van der Waals surface area contributed by atoms with Gasteiger partial charge in [-0.3, -0.25) is 4.79 Å². The fourth-order valence-corrected chi connectivity index (χ4v) is 1.76. The zero-order valence-electron chi connectivity index (χ0n) is 12.1. The highest BCUT2D eigenvalue weighted by Crippen LogP contribution is 2.22. The summed E-state index contributed by atoms with van der Waals surface area (Å²) in [6.07, 6.45) is 1.56. The van der Waals surface area contributed by atoms with Crippen LogP contribution in [-0.4, -0.2) is 17.6 Å². The van der Waals surface area contributed by atoms with E-state index in [0.29, 0.717) is 18.1 Å². The molecule has 21 heavy (non-hydrogen) atoms. The molecule has 0 unspecified atom stereocenters.